The summed E-state index contributed by atoms with van der Waals surface area (Å²) in [6.45, 7) is 1.96. The molecule has 0 fully saturated rings. The first-order valence-electron chi connectivity index (χ1n) is 6.22. The average molecular weight is 291 g/mol. The summed E-state index contributed by atoms with van der Waals surface area (Å²) >= 11 is 1.60. The molecular weight excluding hydrogens is 274 g/mol. The van der Waals surface area contributed by atoms with Crippen LogP contribution in [0.2, 0.25) is 0 Å². The van der Waals surface area contributed by atoms with Gasteiger partial charge in [-0.2, -0.15) is 0 Å². The first-order valence-corrected chi connectivity index (χ1v) is 7.10. The van der Waals surface area contributed by atoms with Gasteiger partial charge >= 0.3 is 0 Å². The second-order valence-corrected chi connectivity index (χ2v) is 5.44. The fraction of sp³-hybridized carbons (Fsp3) is 0.267. The van der Waals surface area contributed by atoms with Crippen LogP contribution in [-0.4, -0.2) is 30.1 Å². The molecule has 5 heteroatoms. The van der Waals surface area contributed by atoms with Crippen LogP contribution in [0.5, 0.6) is 11.5 Å². The highest BCUT2D eigenvalue weighted by molar-refractivity contribution is 7.10. The van der Waals surface area contributed by atoms with Gasteiger partial charge in [0.05, 0.1) is 18.7 Å². The van der Waals surface area contributed by atoms with Crippen molar-refractivity contribution in [2.24, 2.45) is 0 Å². The molecule has 0 saturated heterocycles. The Morgan fingerprint density at radius 3 is 2.70 bits per heavy atom. The highest BCUT2D eigenvalue weighted by Crippen LogP contribution is 2.32. The maximum absolute atomic E-state index is 12.5. The lowest BCUT2D eigenvalue weighted by Crippen LogP contribution is -2.29. The lowest BCUT2D eigenvalue weighted by atomic mass is 10.1. The summed E-state index contributed by atoms with van der Waals surface area (Å²) in [4.78, 5) is 15.2. The minimum absolute atomic E-state index is 0.0481. The second-order valence-electron chi connectivity index (χ2n) is 4.46. The van der Waals surface area contributed by atoms with Crippen LogP contribution in [-0.2, 0) is 0 Å². The van der Waals surface area contributed by atoms with E-state index >= 15 is 0 Å². The molecule has 1 aromatic carbocycles. The SMILES string of the molecule is COc1cccc(C(=O)N(C)C(C)c2cccs2)c1O. The van der Waals surface area contributed by atoms with Gasteiger partial charge in [-0.05, 0) is 30.5 Å². The molecule has 2 aromatic rings. The molecule has 1 N–H and O–H groups in total. The molecule has 0 spiro atoms. The van der Waals surface area contributed by atoms with Gasteiger partial charge in [0.2, 0.25) is 0 Å². The molecule has 0 bridgehead atoms. The van der Waals surface area contributed by atoms with E-state index in [1.54, 1.807) is 41.5 Å². The van der Waals surface area contributed by atoms with Crippen LogP contribution < -0.4 is 4.74 Å². The monoisotopic (exact) mass is 291 g/mol. The lowest BCUT2D eigenvalue weighted by Gasteiger charge is -2.24. The summed E-state index contributed by atoms with van der Waals surface area (Å²) in [6, 6.07) is 8.80. The zero-order valence-electron chi connectivity index (χ0n) is 11.7. The van der Waals surface area contributed by atoms with Gasteiger partial charge < -0.3 is 14.7 Å². The summed E-state index contributed by atoms with van der Waals surface area (Å²) in [5.41, 5.74) is 0.246. The van der Waals surface area contributed by atoms with Crippen LogP contribution in [0.25, 0.3) is 0 Å². The Morgan fingerprint density at radius 2 is 2.10 bits per heavy atom. The van der Waals surface area contributed by atoms with E-state index in [2.05, 4.69) is 0 Å². The number of hydrogen-bond acceptors (Lipinski definition) is 4. The number of benzene rings is 1. The molecule has 1 amide bonds. The number of aromatic hydroxyl groups is 1. The van der Waals surface area contributed by atoms with Crippen LogP contribution in [0.3, 0.4) is 0 Å². The Bertz CT molecular complexity index is 595. The maximum Gasteiger partial charge on any atom is 0.258 e. The Hall–Kier alpha value is -2.01. The topological polar surface area (TPSA) is 49.8 Å². The van der Waals surface area contributed by atoms with Gasteiger partial charge in [-0.3, -0.25) is 4.79 Å². The van der Waals surface area contributed by atoms with Gasteiger partial charge in [0.15, 0.2) is 11.5 Å². The number of ether oxygens (including phenoxy) is 1. The van der Waals surface area contributed by atoms with Gasteiger partial charge in [-0.25, -0.2) is 0 Å². The van der Waals surface area contributed by atoms with Gasteiger partial charge in [0.1, 0.15) is 0 Å². The molecule has 106 valence electrons. The van der Waals surface area contributed by atoms with Gasteiger partial charge in [-0.15, -0.1) is 11.3 Å². The number of para-hydroxylation sites is 1. The molecule has 4 nitrogen and oxygen atoms in total. The number of amides is 1. The molecule has 1 atom stereocenters. The van der Waals surface area contributed by atoms with Crippen LogP contribution in [0, 0.1) is 0 Å². The Morgan fingerprint density at radius 1 is 1.35 bits per heavy atom. The number of carbonyl (C=O) groups is 1. The molecule has 1 unspecified atom stereocenters. The van der Waals surface area contributed by atoms with Crippen molar-refractivity contribution in [3.63, 3.8) is 0 Å². The number of nitrogens with zero attached hydrogens (tertiary/aromatic N) is 1. The number of methoxy groups -OCH3 is 1. The summed E-state index contributed by atoms with van der Waals surface area (Å²) in [5, 5.41) is 12.0. The number of carbonyl (C=O) groups excluding carboxylic acids is 1. The molecule has 2 rings (SSSR count). The zero-order valence-corrected chi connectivity index (χ0v) is 12.5. The van der Waals surface area contributed by atoms with Crippen molar-refractivity contribution < 1.29 is 14.6 Å². The van der Waals surface area contributed by atoms with E-state index in [1.165, 1.54) is 7.11 Å². The molecule has 1 aromatic heterocycles. The van der Waals surface area contributed by atoms with Crippen molar-refractivity contribution in [2.45, 2.75) is 13.0 Å². The third-order valence-electron chi connectivity index (χ3n) is 3.31. The first-order chi connectivity index (χ1) is 9.56. The molecule has 0 aliphatic carbocycles. The fourth-order valence-electron chi connectivity index (χ4n) is 1.95. The quantitative estimate of drug-likeness (QED) is 0.940. The summed E-state index contributed by atoms with van der Waals surface area (Å²) < 4.78 is 5.03. The molecule has 0 aliphatic heterocycles. The zero-order chi connectivity index (χ0) is 14.7. The van der Waals surface area contributed by atoms with E-state index in [0.717, 1.165) is 4.88 Å². The van der Waals surface area contributed by atoms with Gasteiger partial charge in [0, 0.05) is 11.9 Å². The summed E-state index contributed by atoms with van der Waals surface area (Å²) in [5.74, 6) is -0.0550. The van der Waals surface area contributed by atoms with Crippen LogP contribution >= 0.6 is 11.3 Å². The van der Waals surface area contributed by atoms with Crippen molar-refractivity contribution >= 4 is 17.2 Å². The molecule has 1 heterocycles. The maximum atomic E-state index is 12.5. The molecule has 0 saturated carbocycles. The number of rotatable bonds is 4. The summed E-state index contributed by atoms with van der Waals surface area (Å²) in [6.07, 6.45) is 0. The van der Waals surface area contributed by atoms with E-state index in [0.29, 0.717) is 5.75 Å². The van der Waals surface area contributed by atoms with Crippen molar-refractivity contribution in [3.05, 3.63) is 46.2 Å². The molecular formula is C15H17NO3S. The number of phenols is 1. The minimum Gasteiger partial charge on any atom is -0.504 e. The van der Waals surface area contributed by atoms with Crippen molar-refractivity contribution in [1.29, 1.82) is 0 Å². The third-order valence-corrected chi connectivity index (χ3v) is 4.35. The third kappa shape index (κ3) is 2.63. The number of hydrogen-bond donors (Lipinski definition) is 1. The standard InChI is InChI=1S/C15H17NO3S/c1-10(13-8-5-9-20-13)16(2)15(18)11-6-4-7-12(19-3)14(11)17/h4-10,17H,1-3H3. The second kappa shape index (κ2) is 5.96. The Balaban J connectivity index is 2.27. The smallest absolute Gasteiger partial charge is 0.258 e. The van der Waals surface area contributed by atoms with Gasteiger partial charge in [0.25, 0.3) is 5.91 Å². The lowest BCUT2D eigenvalue weighted by molar-refractivity contribution is 0.0741. The van der Waals surface area contributed by atoms with Crippen molar-refractivity contribution in [1.82, 2.24) is 4.90 Å². The molecule has 20 heavy (non-hydrogen) atoms. The van der Waals surface area contributed by atoms with E-state index in [-0.39, 0.29) is 23.3 Å². The molecule has 0 aliphatic rings. The normalized spacial score (nSPS) is 11.9. The van der Waals surface area contributed by atoms with Crippen molar-refractivity contribution in [3.8, 4) is 11.5 Å². The van der Waals surface area contributed by atoms with E-state index in [9.17, 15) is 9.90 Å². The predicted molar refractivity (Wildman–Crippen MR) is 79.5 cm³/mol. The van der Waals surface area contributed by atoms with Crippen molar-refractivity contribution in [2.75, 3.05) is 14.2 Å². The number of thiophene rings is 1. The average Bonchev–Trinajstić information content (AvgIpc) is 2.99. The summed E-state index contributed by atoms with van der Waals surface area (Å²) in [7, 11) is 3.19. The highest BCUT2D eigenvalue weighted by atomic mass is 32.1. The first kappa shape index (κ1) is 14.4. The van der Waals surface area contributed by atoms with Gasteiger partial charge in [-0.1, -0.05) is 12.1 Å². The fourth-order valence-corrected chi connectivity index (χ4v) is 2.77. The van der Waals surface area contributed by atoms with Crippen LogP contribution in [0.15, 0.2) is 35.7 Å². The van der Waals surface area contributed by atoms with E-state index in [4.69, 9.17) is 4.74 Å². The number of phenolic OH excluding ortho intramolecular Hbond substituents is 1. The predicted octanol–water partition coefficient (Wildman–Crippen LogP) is 3.30. The molecule has 0 radical (unpaired) electrons. The largest absolute Gasteiger partial charge is 0.504 e. The van der Waals surface area contributed by atoms with Crippen LogP contribution in [0.1, 0.15) is 28.2 Å². The minimum atomic E-state index is -0.234. The Labute approximate surface area is 122 Å². The van der Waals surface area contributed by atoms with Crippen LogP contribution in [0.4, 0.5) is 0 Å². The van der Waals surface area contributed by atoms with E-state index in [1.807, 2.05) is 24.4 Å². The Kier molecular flexibility index (Phi) is 4.29. The highest BCUT2D eigenvalue weighted by Gasteiger charge is 2.23. The van der Waals surface area contributed by atoms with E-state index < -0.39 is 0 Å².